The molecule has 0 nitrogen and oxygen atoms in total. The normalized spacial score (nSPS) is 24.1. The lowest BCUT2D eigenvalue weighted by atomic mass is 10.1. The van der Waals surface area contributed by atoms with Crippen LogP contribution in [-0.2, 0) is 0 Å². The van der Waals surface area contributed by atoms with Gasteiger partial charge in [0.05, 0.1) is 0 Å². The second-order valence-electron chi connectivity index (χ2n) is 3.22. The number of allylic oxidation sites excluding steroid dienone is 1. The highest BCUT2D eigenvalue weighted by atomic mass is 79.9. The Morgan fingerprint density at radius 3 is 3.09 bits per heavy atom. The summed E-state index contributed by atoms with van der Waals surface area (Å²) in [6, 6.07) is 6.47. The third kappa shape index (κ3) is 0.694. The minimum Gasteiger partial charge on any atom is -0.0608 e. The molecule has 2 aliphatic rings. The molecule has 3 rings (SSSR count). The first-order valence-electron chi connectivity index (χ1n) is 3.85. The van der Waals surface area contributed by atoms with Crippen LogP contribution in [0.4, 0.5) is 0 Å². The molecular formula is C10H7Br. The summed E-state index contributed by atoms with van der Waals surface area (Å²) in [6.45, 7) is 0. The van der Waals surface area contributed by atoms with Crippen molar-refractivity contribution in [2.24, 2.45) is 0 Å². The van der Waals surface area contributed by atoms with Gasteiger partial charge in [-0.1, -0.05) is 39.7 Å². The van der Waals surface area contributed by atoms with E-state index in [1.165, 1.54) is 22.0 Å². The zero-order valence-corrected chi connectivity index (χ0v) is 7.56. The van der Waals surface area contributed by atoms with Crippen LogP contribution in [0.25, 0.3) is 6.08 Å². The van der Waals surface area contributed by atoms with E-state index in [0.29, 0.717) is 0 Å². The standard InChI is InChI=1S/C10H7Br/c11-10-3-1-2-7-8-4-6(8)5-9(7)10/h1-3,5,8H,4H2. The van der Waals surface area contributed by atoms with Crippen molar-refractivity contribution in [3.63, 3.8) is 0 Å². The van der Waals surface area contributed by atoms with E-state index < -0.39 is 0 Å². The van der Waals surface area contributed by atoms with Gasteiger partial charge in [-0.25, -0.2) is 0 Å². The lowest BCUT2D eigenvalue weighted by Gasteiger charge is -2.01. The molecule has 1 heteroatoms. The SMILES string of the molecule is Brc1cccc2c1C=C1CC12. The predicted molar refractivity (Wildman–Crippen MR) is 49.5 cm³/mol. The van der Waals surface area contributed by atoms with E-state index in [0.717, 1.165) is 5.92 Å². The van der Waals surface area contributed by atoms with Crippen LogP contribution in [0.3, 0.4) is 0 Å². The van der Waals surface area contributed by atoms with E-state index in [1.54, 1.807) is 5.57 Å². The molecule has 2 aliphatic carbocycles. The molecule has 0 N–H and O–H groups in total. The molecule has 0 spiro atoms. The fourth-order valence-corrected chi connectivity index (χ4v) is 2.34. The van der Waals surface area contributed by atoms with Gasteiger partial charge in [-0.15, -0.1) is 0 Å². The molecular weight excluding hydrogens is 200 g/mol. The third-order valence-electron chi connectivity index (χ3n) is 2.52. The largest absolute Gasteiger partial charge is 0.0608 e. The Morgan fingerprint density at radius 2 is 2.27 bits per heavy atom. The first-order valence-corrected chi connectivity index (χ1v) is 4.64. The minimum atomic E-state index is 0.794. The Hall–Kier alpha value is -0.560. The second kappa shape index (κ2) is 1.78. The molecule has 54 valence electrons. The van der Waals surface area contributed by atoms with Crippen molar-refractivity contribution in [2.45, 2.75) is 12.3 Å². The molecule has 0 heterocycles. The minimum absolute atomic E-state index is 0.794. The summed E-state index contributed by atoms with van der Waals surface area (Å²) >= 11 is 3.55. The number of halogens is 1. The lowest BCUT2D eigenvalue weighted by Crippen LogP contribution is -1.82. The van der Waals surface area contributed by atoms with Gasteiger partial charge in [0, 0.05) is 10.4 Å². The monoisotopic (exact) mass is 206 g/mol. The van der Waals surface area contributed by atoms with Crippen LogP contribution >= 0.6 is 15.9 Å². The fourth-order valence-electron chi connectivity index (χ4n) is 1.84. The highest BCUT2D eigenvalue weighted by molar-refractivity contribution is 9.10. The predicted octanol–water partition coefficient (Wildman–Crippen LogP) is 3.33. The van der Waals surface area contributed by atoms with Crippen molar-refractivity contribution in [3.05, 3.63) is 39.4 Å². The molecule has 0 aromatic heterocycles. The molecule has 0 bridgehead atoms. The Morgan fingerprint density at radius 1 is 1.36 bits per heavy atom. The molecule has 0 aliphatic heterocycles. The third-order valence-corrected chi connectivity index (χ3v) is 3.21. The topological polar surface area (TPSA) is 0 Å². The van der Waals surface area contributed by atoms with E-state index in [-0.39, 0.29) is 0 Å². The van der Waals surface area contributed by atoms with Crippen LogP contribution in [0, 0.1) is 0 Å². The van der Waals surface area contributed by atoms with E-state index in [4.69, 9.17) is 0 Å². The van der Waals surface area contributed by atoms with Crippen LogP contribution < -0.4 is 0 Å². The molecule has 0 saturated heterocycles. The number of hydrogen-bond acceptors (Lipinski definition) is 0. The van der Waals surface area contributed by atoms with Crippen molar-refractivity contribution in [2.75, 3.05) is 0 Å². The molecule has 1 saturated carbocycles. The van der Waals surface area contributed by atoms with Gasteiger partial charge in [0.15, 0.2) is 0 Å². The van der Waals surface area contributed by atoms with Gasteiger partial charge in [0.1, 0.15) is 0 Å². The lowest BCUT2D eigenvalue weighted by molar-refractivity contribution is 1.16. The maximum absolute atomic E-state index is 3.55. The maximum atomic E-state index is 3.55. The van der Waals surface area contributed by atoms with E-state index in [9.17, 15) is 0 Å². The van der Waals surface area contributed by atoms with Gasteiger partial charge in [-0.2, -0.15) is 0 Å². The van der Waals surface area contributed by atoms with Crippen LogP contribution in [0.2, 0.25) is 0 Å². The molecule has 0 amide bonds. The molecule has 1 unspecified atom stereocenters. The van der Waals surface area contributed by atoms with Crippen molar-refractivity contribution in [1.82, 2.24) is 0 Å². The highest BCUT2D eigenvalue weighted by Gasteiger charge is 2.37. The Kier molecular flexibility index (Phi) is 0.972. The summed E-state index contributed by atoms with van der Waals surface area (Å²) in [4.78, 5) is 0. The zero-order valence-electron chi connectivity index (χ0n) is 5.97. The van der Waals surface area contributed by atoms with Crippen LogP contribution in [0.1, 0.15) is 23.5 Å². The van der Waals surface area contributed by atoms with Gasteiger partial charge in [-0.05, 0) is 23.6 Å². The van der Waals surface area contributed by atoms with Crippen LogP contribution in [0.15, 0.2) is 28.2 Å². The molecule has 0 radical (unpaired) electrons. The number of fused-ring (bicyclic) bond motifs is 3. The molecule has 1 aromatic carbocycles. The van der Waals surface area contributed by atoms with E-state index in [1.807, 2.05) is 0 Å². The summed E-state index contributed by atoms with van der Waals surface area (Å²) in [5, 5.41) is 0. The van der Waals surface area contributed by atoms with E-state index in [2.05, 4.69) is 40.2 Å². The Labute approximate surface area is 74.1 Å². The second-order valence-corrected chi connectivity index (χ2v) is 4.07. The van der Waals surface area contributed by atoms with Gasteiger partial charge in [-0.3, -0.25) is 0 Å². The van der Waals surface area contributed by atoms with Gasteiger partial charge in [0.25, 0.3) is 0 Å². The van der Waals surface area contributed by atoms with Crippen LogP contribution in [-0.4, -0.2) is 0 Å². The first kappa shape index (κ1) is 6.01. The fraction of sp³-hybridized carbons (Fsp3) is 0.200. The quantitative estimate of drug-likeness (QED) is 0.612. The van der Waals surface area contributed by atoms with Gasteiger partial charge >= 0.3 is 0 Å². The Bertz CT molecular complexity index is 363. The first-order chi connectivity index (χ1) is 5.36. The smallest absolute Gasteiger partial charge is 0.0250 e. The molecule has 1 aromatic rings. The molecule has 11 heavy (non-hydrogen) atoms. The van der Waals surface area contributed by atoms with Gasteiger partial charge < -0.3 is 0 Å². The summed E-state index contributed by atoms with van der Waals surface area (Å²) in [5.41, 5.74) is 4.56. The highest BCUT2D eigenvalue weighted by Crippen LogP contribution is 2.55. The number of benzene rings is 1. The van der Waals surface area contributed by atoms with Crippen molar-refractivity contribution in [3.8, 4) is 0 Å². The molecule has 1 fully saturated rings. The average molecular weight is 207 g/mol. The molecule has 1 atom stereocenters. The Balaban J connectivity index is 2.33. The average Bonchev–Trinajstić information content (AvgIpc) is 2.67. The number of rotatable bonds is 0. The van der Waals surface area contributed by atoms with Crippen molar-refractivity contribution < 1.29 is 0 Å². The van der Waals surface area contributed by atoms with Crippen LogP contribution in [0.5, 0.6) is 0 Å². The number of hydrogen-bond donors (Lipinski definition) is 0. The summed E-state index contributed by atoms with van der Waals surface area (Å²) in [5.74, 6) is 0.794. The summed E-state index contributed by atoms with van der Waals surface area (Å²) in [6.07, 6.45) is 3.63. The van der Waals surface area contributed by atoms with Crippen molar-refractivity contribution in [1.29, 1.82) is 0 Å². The zero-order chi connectivity index (χ0) is 7.42. The maximum Gasteiger partial charge on any atom is 0.0250 e. The van der Waals surface area contributed by atoms with Gasteiger partial charge in [0.2, 0.25) is 0 Å². The summed E-state index contributed by atoms with van der Waals surface area (Å²) < 4.78 is 1.25. The summed E-state index contributed by atoms with van der Waals surface area (Å²) in [7, 11) is 0. The van der Waals surface area contributed by atoms with E-state index >= 15 is 0 Å². The van der Waals surface area contributed by atoms with Crippen molar-refractivity contribution >= 4 is 22.0 Å².